The molecule has 4 N–H and O–H groups in total. The predicted octanol–water partition coefficient (Wildman–Crippen LogP) is 7.11. The minimum Gasteiger partial charge on any atom is -0.399 e. The van der Waals surface area contributed by atoms with Crippen molar-refractivity contribution in [1.82, 2.24) is 10.6 Å². The zero-order chi connectivity index (χ0) is 27.7. The molecule has 3 nitrogen and oxygen atoms in total. The molecule has 39 heavy (non-hydrogen) atoms. The van der Waals surface area contributed by atoms with Crippen LogP contribution in [0.25, 0.3) is 16.8 Å². The van der Waals surface area contributed by atoms with Crippen molar-refractivity contribution in [2.45, 2.75) is 63.3 Å². The molecule has 0 radical (unpaired) electrons. The number of aryl methyl sites for hydroxylation is 1. The van der Waals surface area contributed by atoms with Crippen molar-refractivity contribution in [1.29, 1.82) is 0 Å². The first-order valence-corrected chi connectivity index (χ1v) is 14.4. The van der Waals surface area contributed by atoms with E-state index in [2.05, 4.69) is 36.3 Å². The zero-order valence-electron chi connectivity index (χ0n) is 22.8. The van der Waals surface area contributed by atoms with Gasteiger partial charge in [-0.15, -0.1) is 0 Å². The van der Waals surface area contributed by atoms with Crippen LogP contribution in [0.4, 0.5) is 8.78 Å². The highest BCUT2D eigenvalue weighted by Gasteiger charge is 2.47. The first kappa shape index (κ1) is 27.8. The summed E-state index contributed by atoms with van der Waals surface area (Å²) < 4.78 is 31.8. The molecule has 206 valence electrons. The Balaban J connectivity index is 1.70. The van der Waals surface area contributed by atoms with Crippen LogP contribution in [0.3, 0.4) is 0 Å². The van der Waals surface area contributed by atoms with Gasteiger partial charge in [-0.25, -0.2) is 8.78 Å². The van der Waals surface area contributed by atoms with Gasteiger partial charge >= 0.3 is 0 Å². The molecule has 5 rings (SSSR count). The van der Waals surface area contributed by atoms with Crippen LogP contribution in [-0.2, 0) is 18.3 Å². The van der Waals surface area contributed by atoms with Crippen molar-refractivity contribution in [3.05, 3.63) is 99.6 Å². The van der Waals surface area contributed by atoms with Gasteiger partial charge in [-0.2, -0.15) is 0 Å². The third kappa shape index (κ3) is 5.01. The van der Waals surface area contributed by atoms with E-state index in [-0.39, 0.29) is 27.6 Å². The van der Waals surface area contributed by atoms with Crippen LogP contribution in [0.1, 0.15) is 66.8 Å². The van der Waals surface area contributed by atoms with Crippen molar-refractivity contribution in [3.8, 4) is 11.1 Å². The summed E-state index contributed by atoms with van der Waals surface area (Å²) in [5.41, 5.74) is 10.7. The third-order valence-electron chi connectivity index (χ3n) is 8.80. The molecule has 0 aromatic heterocycles. The van der Waals surface area contributed by atoms with Crippen LogP contribution >= 0.6 is 11.6 Å². The number of hydrogen-bond acceptors (Lipinski definition) is 3. The van der Waals surface area contributed by atoms with E-state index >= 15 is 8.78 Å². The molecule has 1 unspecified atom stereocenters. The minimum atomic E-state index is -0.542. The molecule has 0 saturated carbocycles. The Morgan fingerprint density at radius 1 is 1.18 bits per heavy atom. The summed E-state index contributed by atoms with van der Waals surface area (Å²) in [6.07, 6.45) is 4.22. The molecule has 1 fully saturated rings. The van der Waals surface area contributed by atoms with Crippen LogP contribution in [0.2, 0.25) is 5.02 Å². The number of nitrogens with two attached hydrogens (primary N) is 1. The van der Waals surface area contributed by atoms with Gasteiger partial charge in [0.25, 0.3) is 0 Å². The van der Waals surface area contributed by atoms with Crippen LogP contribution in [0.5, 0.6) is 0 Å². The first-order valence-electron chi connectivity index (χ1n) is 14.0. The summed E-state index contributed by atoms with van der Waals surface area (Å²) >= 11 is 6.76. The van der Waals surface area contributed by atoms with Crippen LogP contribution in [-0.4, -0.2) is 25.7 Å². The lowest BCUT2D eigenvalue weighted by Crippen LogP contribution is -2.49. The Bertz CT molecular complexity index is 1370. The van der Waals surface area contributed by atoms with E-state index in [1.54, 1.807) is 18.2 Å². The van der Waals surface area contributed by atoms with Crippen molar-refractivity contribution in [2.75, 3.05) is 19.6 Å². The number of halogens is 3. The summed E-state index contributed by atoms with van der Waals surface area (Å²) in [5, 5.41) is 7.24. The van der Waals surface area contributed by atoms with Crippen LogP contribution in [0.15, 0.2) is 55.1 Å². The maximum Gasteiger partial charge on any atom is 0.142 e. The Morgan fingerprint density at radius 2 is 1.95 bits per heavy atom. The number of benzene rings is 3. The lowest BCUT2D eigenvalue weighted by molar-refractivity contribution is 0.311. The largest absolute Gasteiger partial charge is 0.399 e. The maximum atomic E-state index is 16.3. The van der Waals surface area contributed by atoms with E-state index in [9.17, 15) is 0 Å². The Labute approximate surface area is 235 Å². The summed E-state index contributed by atoms with van der Waals surface area (Å²) in [7, 11) is 0. The number of nitrogens with one attached hydrogen (secondary N) is 2. The molecule has 3 aromatic rings. The highest BCUT2D eigenvalue weighted by Crippen LogP contribution is 2.55. The molecule has 1 aliphatic carbocycles. The maximum absolute atomic E-state index is 16.3. The molecule has 1 saturated heterocycles. The normalized spacial score (nSPS) is 22.6. The fourth-order valence-electron chi connectivity index (χ4n) is 6.73. The fourth-order valence-corrected chi connectivity index (χ4v) is 6.98. The SMILES string of the molecule is C=C(N)c1ccc(CCC)c(F)c1-c1c(Cl)c(F)cc2c1[C@H](C)[C@@](CNC1CCCNC1)(c1ccccc1)C2. The number of rotatable bonds is 8. The zero-order valence-corrected chi connectivity index (χ0v) is 23.6. The Kier molecular flexibility index (Phi) is 8.14. The topological polar surface area (TPSA) is 50.1 Å². The second kappa shape index (κ2) is 11.4. The van der Waals surface area contributed by atoms with E-state index in [1.165, 1.54) is 5.56 Å². The Morgan fingerprint density at radius 3 is 2.62 bits per heavy atom. The molecule has 0 bridgehead atoms. The van der Waals surface area contributed by atoms with Crippen molar-refractivity contribution < 1.29 is 8.78 Å². The number of hydrogen-bond donors (Lipinski definition) is 3. The van der Waals surface area contributed by atoms with Crippen molar-refractivity contribution in [2.24, 2.45) is 5.73 Å². The number of fused-ring (bicyclic) bond motifs is 1. The summed E-state index contributed by atoms with van der Waals surface area (Å²) in [5.74, 6) is -1.01. The second-order valence-electron chi connectivity index (χ2n) is 11.2. The minimum absolute atomic E-state index is 0.0658. The predicted molar refractivity (Wildman–Crippen MR) is 158 cm³/mol. The van der Waals surface area contributed by atoms with Gasteiger partial charge in [0, 0.05) is 46.9 Å². The summed E-state index contributed by atoms with van der Waals surface area (Å²) in [6, 6.07) is 15.9. The highest BCUT2D eigenvalue weighted by atomic mass is 35.5. The molecule has 3 aromatic carbocycles. The molecular formula is C33H38ClF2N3. The van der Waals surface area contributed by atoms with Crippen LogP contribution in [0, 0.1) is 11.6 Å². The first-order chi connectivity index (χ1) is 18.8. The van der Waals surface area contributed by atoms with Crippen molar-refractivity contribution >= 4 is 17.3 Å². The summed E-state index contributed by atoms with van der Waals surface area (Å²) in [4.78, 5) is 0. The smallest absolute Gasteiger partial charge is 0.142 e. The monoisotopic (exact) mass is 549 g/mol. The molecule has 1 heterocycles. The molecule has 1 aliphatic heterocycles. The average Bonchev–Trinajstić information content (AvgIpc) is 3.22. The molecule has 0 spiro atoms. The van der Waals surface area contributed by atoms with Gasteiger partial charge in [-0.1, -0.05) is 80.9 Å². The molecule has 3 atom stereocenters. The van der Waals surface area contributed by atoms with Gasteiger partial charge < -0.3 is 16.4 Å². The van der Waals surface area contributed by atoms with Gasteiger partial charge in [0.15, 0.2) is 0 Å². The lowest BCUT2D eigenvalue weighted by Gasteiger charge is -2.38. The fraction of sp³-hybridized carbons (Fsp3) is 0.394. The molecule has 0 amide bonds. The molecule has 6 heteroatoms. The van der Waals surface area contributed by atoms with E-state index in [0.717, 1.165) is 43.5 Å². The van der Waals surface area contributed by atoms with E-state index in [4.69, 9.17) is 17.3 Å². The van der Waals surface area contributed by atoms with Crippen LogP contribution < -0.4 is 16.4 Å². The standard InChI is InChI=1S/C33H38ClF2N3/c1-4-9-22-13-14-26(21(3)37)29(32(22)36)30-28-20(2)33(24-10-6-5-7-11-24,17-23(28)16-27(35)31(30)34)19-39-25-12-8-15-38-18-25/h5-7,10-11,13-14,16,20,25,38-39H,3-4,8-9,12,15,17-19,37H2,1-2H3/t20-,25?,33+/m0/s1. The summed E-state index contributed by atoms with van der Waals surface area (Å²) in [6.45, 7) is 10.8. The number of piperidine rings is 1. The lowest BCUT2D eigenvalue weighted by atomic mass is 9.70. The van der Waals surface area contributed by atoms with Gasteiger partial charge in [0.2, 0.25) is 0 Å². The molecule has 2 aliphatic rings. The van der Waals surface area contributed by atoms with E-state index in [1.807, 2.05) is 25.1 Å². The average molecular weight is 550 g/mol. The molecular weight excluding hydrogens is 512 g/mol. The van der Waals surface area contributed by atoms with Gasteiger partial charge in [0.05, 0.1) is 5.02 Å². The third-order valence-corrected chi connectivity index (χ3v) is 9.17. The quantitative estimate of drug-likeness (QED) is 0.281. The van der Waals surface area contributed by atoms with Gasteiger partial charge in [0.1, 0.15) is 11.6 Å². The highest BCUT2D eigenvalue weighted by molar-refractivity contribution is 6.34. The van der Waals surface area contributed by atoms with Gasteiger partial charge in [-0.05, 0) is 66.5 Å². The van der Waals surface area contributed by atoms with Crippen molar-refractivity contribution in [3.63, 3.8) is 0 Å². The van der Waals surface area contributed by atoms with E-state index < -0.39 is 11.6 Å². The Hall–Kier alpha value is -2.73. The van der Waals surface area contributed by atoms with E-state index in [0.29, 0.717) is 42.1 Å². The van der Waals surface area contributed by atoms with Gasteiger partial charge in [-0.3, -0.25) is 0 Å². The second-order valence-corrected chi connectivity index (χ2v) is 11.6.